The number of hydrogen-bond donors (Lipinski definition) is 1. The fourth-order valence-electron chi connectivity index (χ4n) is 3.35. The smallest absolute Gasteiger partial charge is 0.251 e. The van der Waals surface area contributed by atoms with Crippen LogP contribution in [-0.2, 0) is 13.1 Å². The van der Waals surface area contributed by atoms with Crippen molar-refractivity contribution in [3.63, 3.8) is 0 Å². The van der Waals surface area contributed by atoms with Crippen molar-refractivity contribution in [2.45, 2.75) is 32.4 Å². The number of likely N-dealkylation sites (tertiary alicyclic amines) is 1. The van der Waals surface area contributed by atoms with E-state index in [2.05, 4.69) is 34.5 Å². The number of amides is 1. The maximum absolute atomic E-state index is 12.4. The van der Waals surface area contributed by atoms with E-state index in [9.17, 15) is 4.79 Å². The topological polar surface area (TPSA) is 35.6 Å². The maximum atomic E-state index is 12.4. The molecule has 0 aromatic heterocycles. The van der Waals surface area contributed by atoms with Crippen molar-refractivity contribution >= 4 is 11.6 Å². The number of hydrogen-bond acceptors (Lipinski definition) is 3. The van der Waals surface area contributed by atoms with Crippen molar-refractivity contribution in [1.29, 1.82) is 0 Å². The van der Waals surface area contributed by atoms with Gasteiger partial charge in [0.1, 0.15) is 0 Å². The van der Waals surface area contributed by atoms with Crippen molar-refractivity contribution in [2.75, 3.05) is 32.1 Å². The van der Waals surface area contributed by atoms with Gasteiger partial charge in [0, 0.05) is 38.4 Å². The van der Waals surface area contributed by atoms with E-state index >= 15 is 0 Å². The Bertz CT molecular complexity index is 718. The summed E-state index contributed by atoms with van der Waals surface area (Å²) in [6.45, 7) is 4.01. The lowest BCUT2D eigenvalue weighted by atomic mass is 10.1. The lowest BCUT2D eigenvalue weighted by molar-refractivity contribution is 0.0951. The van der Waals surface area contributed by atoms with Crippen LogP contribution in [0.4, 0.5) is 5.69 Å². The zero-order chi connectivity index (χ0) is 18.4. The first-order valence-electron chi connectivity index (χ1n) is 9.47. The molecule has 1 amide bonds. The molecular formula is C22H29N3O. The summed E-state index contributed by atoms with van der Waals surface area (Å²) in [5.41, 5.74) is 4.20. The lowest BCUT2D eigenvalue weighted by Gasteiger charge is -2.26. The molecule has 0 atom stereocenters. The molecule has 0 unspecified atom stereocenters. The molecule has 0 spiro atoms. The molecule has 1 aliphatic rings. The highest BCUT2D eigenvalue weighted by Crippen LogP contribution is 2.15. The average Bonchev–Trinajstić information content (AvgIpc) is 2.68. The second-order valence-electron chi connectivity index (χ2n) is 7.28. The number of anilines is 1. The number of nitrogens with one attached hydrogen (secondary N) is 1. The van der Waals surface area contributed by atoms with Crippen molar-refractivity contribution < 1.29 is 4.79 Å². The Labute approximate surface area is 156 Å². The van der Waals surface area contributed by atoms with Crippen molar-refractivity contribution in [3.8, 4) is 0 Å². The van der Waals surface area contributed by atoms with Crippen LogP contribution in [0, 0.1) is 0 Å². The summed E-state index contributed by atoms with van der Waals surface area (Å²) in [4.78, 5) is 16.9. The highest BCUT2D eigenvalue weighted by atomic mass is 16.1. The molecule has 4 nitrogen and oxygen atoms in total. The molecule has 0 bridgehead atoms. The van der Waals surface area contributed by atoms with Crippen molar-refractivity contribution in [2.24, 2.45) is 0 Å². The first kappa shape index (κ1) is 18.5. The number of carbonyl (C=O) groups excluding carboxylic acids is 1. The molecule has 0 saturated carbocycles. The Hall–Kier alpha value is -2.33. The predicted octanol–water partition coefficient (Wildman–Crippen LogP) is 3.67. The van der Waals surface area contributed by atoms with Gasteiger partial charge >= 0.3 is 0 Å². The summed E-state index contributed by atoms with van der Waals surface area (Å²) < 4.78 is 0. The minimum absolute atomic E-state index is 0.0360. The standard InChI is InChI=1S/C22H29N3O/c1-24(2)21-8-6-7-20(15-21)22(26)23-16-18-9-11-19(12-10-18)17-25-13-4-3-5-14-25/h6-12,15H,3-5,13-14,16-17H2,1-2H3,(H,23,26). The summed E-state index contributed by atoms with van der Waals surface area (Å²) in [6.07, 6.45) is 4.00. The maximum Gasteiger partial charge on any atom is 0.251 e. The van der Waals surface area contributed by atoms with Crippen LogP contribution in [0.3, 0.4) is 0 Å². The Kier molecular flexibility index (Phi) is 6.29. The minimum atomic E-state index is -0.0360. The van der Waals surface area contributed by atoms with E-state index in [1.54, 1.807) is 0 Å². The van der Waals surface area contributed by atoms with Gasteiger partial charge in [0.15, 0.2) is 0 Å². The highest BCUT2D eigenvalue weighted by Gasteiger charge is 2.10. The van der Waals surface area contributed by atoms with Gasteiger partial charge in [-0.3, -0.25) is 9.69 Å². The van der Waals surface area contributed by atoms with E-state index in [-0.39, 0.29) is 5.91 Å². The van der Waals surface area contributed by atoms with Gasteiger partial charge < -0.3 is 10.2 Å². The normalized spacial score (nSPS) is 14.8. The molecule has 1 fully saturated rings. The molecule has 2 aromatic carbocycles. The molecule has 1 saturated heterocycles. The predicted molar refractivity (Wildman–Crippen MR) is 108 cm³/mol. The second kappa shape index (κ2) is 8.86. The van der Waals surface area contributed by atoms with Crippen LogP contribution in [0.5, 0.6) is 0 Å². The van der Waals surface area contributed by atoms with E-state index in [4.69, 9.17) is 0 Å². The third kappa shape index (κ3) is 5.09. The van der Waals surface area contributed by atoms with Gasteiger partial charge in [0.05, 0.1) is 0 Å². The molecule has 26 heavy (non-hydrogen) atoms. The van der Waals surface area contributed by atoms with E-state index in [1.807, 2.05) is 43.3 Å². The summed E-state index contributed by atoms with van der Waals surface area (Å²) in [7, 11) is 3.95. The quantitative estimate of drug-likeness (QED) is 0.862. The van der Waals surface area contributed by atoms with Crippen LogP contribution in [0.2, 0.25) is 0 Å². The van der Waals surface area contributed by atoms with Crippen molar-refractivity contribution in [1.82, 2.24) is 10.2 Å². The monoisotopic (exact) mass is 351 g/mol. The third-order valence-electron chi connectivity index (χ3n) is 4.96. The van der Waals surface area contributed by atoms with Crippen molar-refractivity contribution in [3.05, 3.63) is 65.2 Å². The summed E-state index contributed by atoms with van der Waals surface area (Å²) in [5.74, 6) is -0.0360. The lowest BCUT2D eigenvalue weighted by Crippen LogP contribution is -2.29. The summed E-state index contributed by atoms with van der Waals surface area (Å²) >= 11 is 0. The Morgan fingerprint density at radius 2 is 1.69 bits per heavy atom. The van der Waals surface area contributed by atoms with Gasteiger partial charge in [-0.05, 0) is 55.3 Å². The number of rotatable bonds is 6. The zero-order valence-electron chi connectivity index (χ0n) is 15.9. The van der Waals surface area contributed by atoms with Gasteiger partial charge in [0.2, 0.25) is 0 Å². The SMILES string of the molecule is CN(C)c1cccc(C(=O)NCc2ccc(CN3CCCCC3)cc2)c1. The van der Waals surface area contributed by atoms with E-state index in [1.165, 1.54) is 37.9 Å². The van der Waals surface area contributed by atoms with Crippen LogP contribution >= 0.6 is 0 Å². The fraction of sp³-hybridized carbons (Fsp3) is 0.409. The molecule has 1 aliphatic heterocycles. The first-order valence-corrected chi connectivity index (χ1v) is 9.47. The van der Waals surface area contributed by atoms with Gasteiger partial charge in [-0.25, -0.2) is 0 Å². The van der Waals surface area contributed by atoms with Crippen LogP contribution in [-0.4, -0.2) is 38.0 Å². The largest absolute Gasteiger partial charge is 0.378 e. The number of carbonyl (C=O) groups is 1. The molecule has 4 heteroatoms. The molecule has 0 aliphatic carbocycles. The first-order chi connectivity index (χ1) is 12.6. The molecular weight excluding hydrogens is 322 g/mol. The van der Waals surface area contributed by atoms with Crippen LogP contribution in [0.15, 0.2) is 48.5 Å². The minimum Gasteiger partial charge on any atom is -0.378 e. The van der Waals surface area contributed by atoms with Crippen LogP contribution in [0.25, 0.3) is 0 Å². The fourth-order valence-corrected chi connectivity index (χ4v) is 3.35. The van der Waals surface area contributed by atoms with Gasteiger partial charge in [0.25, 0.3) is 5.91 Å². The molecule has 1 N–H and O–H groups in total. The Morgan fingerprint density at radius 3 is 2.38 bits per heavy atom. The Morgan fingerprint density at radius 1 is 1.00 bits per heavy atom. The average molecular weight is 351 g/mol. The number of piperidine rings is 1. The summed E-state index contributed by atoms with van der Waals surface area (Å²) in [5, 5.41) is 3.01. The highest BCUT2D eigenvalue weighted by molar-refractivity contribution is 5.95. The van der Waals surface area contributed by atoms with E-state index in [0.29, 0.717) is 12.1 Å². The second-order valence-corrected chi connectivity index (χ2v) is 7.28. The van der Waals surface area contributed by atoms with Gasteiger partial charge in [-0.15, -0.1) is 0 Å². The third-order valence-corrected chi connectivity index (χ3v) is 4.96. The Balaban J connectivity index is 1.52. The van der Waals surface area contributed by atoms with Gasteiger partial charge in [-0.2, -0.15) is 0 Å². The summed E-state index contributed by atoms with van der Waals surface area (Å²) in [6, 6.07) is 16.3. The number of benzene rings is 2. The van der Waals surface area contributed by atoms with Crippen LogP contribution < -0.4 is 10.2 Å². The molecule has 0 radical (unpaired) electrons. The molecule has 1 heterocycles. The molecule has 138 valence electrons. The zero-order valence-corrected chi connectivity index (χ0v) is 15.9. The van der Waals surface area contributed by atoms with E-state index < -0.39 is 0 Å². The molecule has 3 rings (SSSR count). The van der Waals surface area contributed by atoms with Gasteiger partial charge in [-0.1, -0.05) is 36.8 Å². The van der Waals surface area contributed by atoms with Crippen LogP contribution in [0.1, 0.15) is 40.7 Å². The van der Waals surface area contributed by atoms with E-state index in [0.717, 1.165) is 17.8 Å². The molecule has 2 aromatic rings. The number of nitrogens with zero attached hydrogens (tertiary/aromatic N) is 2.